The second-order valence-corrected chi connectivity index (χ2v) is 6.16. The van der Waals surface area contributed by atoms with E-state index < -0.39 is 5.60 Å². The molecule has 3 nitrogen and oxygen atoms in total. The molecule has 3 rings (SSSR count). The summed E-state index contributed by atoms with van der Waals surface area (Å²) < 4.78 is 14.4. The van der Waals surface area contributed by atoms with E-state index in [1.807, 2.05) is 24.4 Å². The largest absolute Gasteiger partial charge is 0.386 e. The van der Waals surface area contributed by atoms with Crippen molar-refractivity contribution in [3.8, 4) is 17.2 Å². The number of hydrogen-bond donors (Lipinski definition) is 2. The van der Waals surface area contributed by atoms with Crippen molar-refractivity contribution in [1.29, 1.82) is 5.26 Å². The third-order valence-electron chi connectivity index (χ3n) is 4.02. The number of fused-ring (bicyclic) bond motifs is 1. The Morgan fingerprint density at radius 2 is 2.00 bits per heavy atom. The van der Waals surface area contributed by atoms with Crippen LogP contribution in [-0.4, -0.2) is 10.1 Å². The van der Waals surface area contributed by atoms with Gasteiger partial charge in [0, 0.05) is 22.7 Å². The molecule has 116 valence electrons. The summed E-state index contributed by atoms with van der Waals surface area (Å²) in [6.07, 6.45) is 2.15. The van der Waals surface area contributed by atoms with Gasteiger partial charge in [-0.15, -0.1) is 0 Å². The fourth-order valence-corrected chi connectivity index (χ4v) is 2.72. The molecule has 0 atom stereocenters. The summed E-state index contributed by atoms with van der Waals surface area (Å²) in [5.41, 5.74) is 2.51. The minimum absolute atomic E-state index is 0.341. The van der Waals surface area contributed by atoms with Gasteiger partial charge in [-0.3, -0.25) is 0 Å². The van der Waals surface area contributed by atoms with E-state index >= 15 is 0 Å². The van der Waals surface area contributed by atoms with E-state index in [0.29, 0.717) is 17.5 Å². The van der Waals surface area contributed by atoms with Crippen molar-refractivity contribution in [2.75, 3.05) is 0 Å². The molecule has 0 aliphatic rings. The molecule has 2 N–H and O–H groups in total. The first-order valence-corrected chi connectivity index (χ1v) is 7.40. The summed E-state index contributed by atoms with van der Waals surface area (Å²) in [7, 11) is 0. The average molecular weight is 308 g/mol. The van der Waals surface area contributed by atoms with Gasteiger partial charge in [0.2, 0.25) is 0 Å². The van der Waals surface area contributed by atoms with E-state index in [-0.39, 0.29) is 5.82 Å². The molecule has 0 radical (unpaired) electrons. The molecule has 0 saturated heterocycles. The summed E-state index contributed by atoms with van der Waals surface area (Å²) in [5, 5.41) is 19.8. The number of aliphatic hydroxyl groups is 1. The van der Waals surface area contributed by atoms with Gasteiger partial charge < -0.3 is 10.1 Å². The van der Waals surface area contributed by atoms with Crippen molar-refractivity contribution in [1.82, 2.24) is 4.98 Å². The Morgan fingerprint density at radius 3 is 2.65 bits per heavy atom. The molecule has 3 aromatic rings. The Labute approximate surface area is 134 Å². The van der Waals surface area contributed by atoms with Gasteiger partial charge >= 0.3 is 0 Å². The molecule has 0 aliphatic heterocycles. The van der Waals surface area contributed by atoms with Gasteiger partial charge in [-0.05, 0) is 42.7 Å². The van der Waals surface area contributed by atoms with Crippen LogP contribution in [0.2, 0.25) is 0 Å². The highest BCUT2D eigenvalue weighted by Gasteiger charge is 2.18. The zero-order valence-electron chi connectivity index (χ0n) is 13.0. The van der Waals surface area contributed by atoms with Gasteiger partial charge in [0.1, 0.15) is 5.82 Å². The van der Waals surface area contributed by atoms with Gasteiger partial charge in [0.05, 0.1) is 18.1 Å². The summed E-state index contributed by atoms with van der Waals surface area (Å²) >= 11 is 0. The van der Waals surface area contributed by atoms with Gasteiger partial charge in [0.15, 0.2) is 0 Å². The maximum absolute atomic E-state index is 14.4. The van der Waals surface area contributed by atoms with Crippen LogP contribution in [0.4, 0.5) is 4.39 Å². The summed E-state index contributed by atoms with van der Waals surface area (Å²) in [6.45, 7) is 3.26. The third-order valence-corrected chi connectivity index (χ3v) is 4.02. The SMILES string of the molecule is CC(C)(O)c1ccc(-c2ccc3c(CC#N)c[nH]c3c2)c(F)c1. The average Bonchev–Trinajstić information content (AvgIpc) is 2.89. The van der Waals surface area contributed by atoms with Gasteiger partial charge in [-0.1, -0.05) is 24.3 Å². The van der Waals surface area contributed by atoms with E-state index in [1.54, 1.807) is 26.0 Å². The van der Waals surface area contributed by atoms with E-state index in [1.165, 1.54) is 6.07 Å². The highest BCUT2D eigenvalue weighted by molar-refractivity contribution is 5.88. The predicted molar refractivity (Wildman–Crippen MR) is 88.3 cm³/mol. The van der Waals surface area contributed by atoms with Crippen LogP contribution in [0.3, 0.4) is 0 Å². The Hall–Kier alpha value is -2.64. The lowest BCUT2D eigenvalue weighted by Gasteiger charge is -2.18. The number of aromatic amines is 1. The lowest BCUT2D eigenvalue weighted by atomic mass is 9.94. The Balaban J connectivity index is 2.05. The number of nitrogens with one attached hydrogen (secondary N) is 1. The van der Waals surface area contributed by atoms with Crippen molar-refractivity contribution in [2.45, 2.75) is 25.9 Å². The maximum atomic E-state index is 14.4. The Morgan fingerprint density at radius 1 is 1.22 bits per heavy atom. The minimum atomic E-state index is -1.07. The lowest BCUT2D eigenvalue weighted by Crippen LogP contribution is -2.15. The molecule has 0 saturated carbocycles. The first-order valence-electron chi connectivity index (χ1n) is 7.40. The van der Waals surface area contributed by atoms with Crippen molar-refractivity contribution in [3.05, 3.63) is 59.5 Å². The van der Waals surface area contributed by atoms with Gasteiger partial charge in [-0.2, -0.15) is 5.26 Å². The molecular weight excluding hydrogens is 291 g/mol. The second-order valence-electron chi connectivity index (χ2n) is 6.16. The summed E-state index contributed by atoms with van der Waals surface area (Å²) in [6, 6.07) is 12.5. The molecule has 0 amide bonds. The fourth-order valence-electron chi connectivity index (χ4n) is 2.72. The zero-order chi connectivity index (χ0) is 16.6. The molecule has 23 heavy (non-hydrogen) atoms. The third kappa shape index (κ3) is 2.84. The van der Waals surface area contributed by atoms with Crippen LogP contribution in [0.15, 0.2) is 42.6 Å². The Bertz CT molecular complexity index is 913. The molecule has 4 heteroatoms. The highest BCUT2D eigenvalue weighted by atomic mass is 19.1. The topological polar surface area (TPSA) is 59.8 Å². The number of hydrogen-bond acceptors (Lipinski definition) is 2. The quantitative estimate of drug-likeness (QED) is 0.759. The normalized spacial score (nSPS) is 11.6. The van der Waals surface area contributed by atoms with Crippen LogP contribution in [-0.2, 0) is 12.0 Å². The van der Waals surface area contributed by atoms with Crippen LogP contribution < -0.4 is 0 Å². The van der Waals surface area contributed by atoms with Crippen molar-refractivity contribution >= 4 is 10.9 Å². The molecule has 0 fully saturated rings. The minimum Gasteiger partial charge on any atom is -0.386 e. The molecule has 0 unspecified atom stereocenters. The van der Waals surface area contributed by atoms with Crippen LogP contribution in [0.5, 0.6) is 0 Å². The number of rotatable bonds is 3. The Kier molecular flexibility index (Phi) is 3.67. The molecule has 1 heterocycles. The first kappa shape index (κ1) is 15.3. The molecular formula is C19H17FN2O. The van der Waals surface area contributed by atoms with Crippen LogP contribution in [0.1, 0.15) is 25.0 Å². The molecule has 0 spiro atoms. The second kappa shape index (κ2) is 5.53. The van der Waals surface area contributed by atoms with E-state index in [2.05, 4.69) is 11.1 Å². The summed E-state index contributed by atoms with van der Waals surface area (Å²) in [5.74, 6) is -0.368. The molecule has 0 aliphatic carbocycles. The monoisotopic (exact) mass is 308 g/mol. The van der Waals surface area contributed by atoms with Crippen LogP contribution >= 0.6 is 0 Å². The number of aromatic nitrogens is 1. The van der Waals surface area contributed by atoms with E-state index in [0.717, 1.165) is 22.0 Å². The first-order chi connectivity index (χ1) is 10.9. The standard InChI is InChI=1S/C19H17FN2O/c1-19(2,23)14-4-6-15(17(20)10-14)12-3-5-16-13(7-8-21)11-22-18(16)9-12/h3-6,9-11,22-23H,7H2,1-2H3. The smallest absolute Gasteiger partial charge is 0.131 e. The maximum Gasteiger partial charge on any atom is 0.131 e. The lowest BCUT2D eigenvalue weighted by molar-refractivity contribution is 0.0782. The zero-order valence-corrected chi connectivity index (χ0v) is 13.0. The predicted octanol–water partition coefficient (Wildman–Crippen LogP) is 4.27. The van der Waals surface area contributed by atoms with Crippen molar-refractivity contribution in [2.24, 2.45) is 0 Å². The number of nitriles is 1. The number of benzene rings is 2. The molecule has 2 aromatic carbocycles. The van der Waals surface area contributed by atoms with Crippen LogP contribution in [0.25, 0.3) is 22.0 Å². The highest BCUT2D eigenvalue weighted by Crippen LogP contribution is 2.30. The molecule has 1 aromatic heterocycles. The van der Waals surface area contributed by atoms with Crippen molar-refractivity contribution < 1.29 is 9.50 Å². The van der Waals surface area contributed by atoms with Crippen LogP contribution in [0, 0.1) is 17.1 Å². The summed E-state index contributed by atoms with van der Waals surface area (Å²) in [4.78, 5) is 3.12. The number of halogens is 1. The van der Waals surface area contributed by atoms with Gasteiger partial charge in [0.25, 0.3) is 0 Å². The van der Waals surface area contributed by atoms with E-state index in [4.69, 9.17) is 5.26 Å². The number of H-pyrrole nitrogens is 1. The van der Waals surface area contributed by atoms with E-state index in [9.17, 15) is 9.50 Å². The van der Waals surface area contributed by atoms with Gasteiger partial charge in [-0.25, -0.2) is 4.39 Å². The molecule has 0 bridgehead atoms. The number of nitrogens with zero attached hydrogens (tertiary/aromatic N) is 1. The van der Waals surface area contributed by atoms with Crippen molar-refractivity contribution in [3.63, 3.8) is 0 Å². The fraction of sp³-hybridized carbons (Fsp3) is 0.211.